The van der Waals surface area contributed by atoms with Crippen molar-refractivity contribution in [2.24, 2.45) is 0 Å². The molecule has 1 aliphatic heterocycles. The predicted octanol–water partition coefficient (Wildman–Crippen LogP) is -0.305. The number of hydrogen-bond acceptors (Lipinski definition) is 4. The summed E-state index contributed by atoms with van der Waals surface area (Å²) in [6.45, 7) is -0.692. The van der Waals surface area contributed by atoms with Crippen molar-refractivity contribution in [3.63, 3.8) is 0 Å². The van der Waals surface area contributed by atoms with Crippen molar-refractivity contribution >= 4 is 5.97 Å². The Kier molecular flexibility index (Phi) is 4.11. The highest BCUT2D eigenvalue weighted by Crippen LogP contribution is 2.22. The molecule has 0 bridgehead atoms. The van der Waals surface area contributed by atoms with E-state index in [1.54, 1.807) is 0 Å². The molecule has 0 aromatic carbocycles. The van der Waals surface area contributed by atoms with Crippen LogP contribution in [0.2, 0.25) is 0 Å². The normalized spacial score (nSPS) is 25.4. The van der Waals surface area contributed by atoms with E-state index < -0.39 is 30.8 Å². The number of carbonyl (C=O) groups is 1. The highest BCUT2D eigenvalue weighted by Gasteiger charge is 2.41. The largest absolute Gasteiger partial charge is 0.480 e. The van der Waals surface area contributed by atoms with Gasteiger partial charge in [-0.2, -0.15) is 13.2 Å². The molecule has 94 valence electrons. The molecule has 0 radical (unpaired) electrons. The van der Waals surface area contributed by atoms with Crippen LogP contribution < -0.4 is 0 Å². The SMILES string of the molecule is O=C(O)C1COCCN1CC(O)C(F)(F)F. The van der Waals surface area contributed by atoms with Crippen LogP contribution in [0.4, 0.5) is 13.2 Å². The molecule has 1 heterocycles. The molecule has 2 N–H and O–H groups in total. The van der Waals surface area contributed by atoms with Crippen molar-refractivity contribution in [3.8, 4) is 0 Å². The molecule has 1 saturated heterocycles. The van der Waals surface area contributed by atoms with Crippen molar-refractivity contribution in [2.75, 3.05) is 26.3 Å². The zero-order valence-corrected chi connectivity index (χ0v) is 8.28. The Morgan fingerprint density at radius 3 is 2.69 bits per heavy atom. The number of aliphatic carboxylic acids is 1. The molecule has 0 aromatic rings. The maximum Gasteiger partial charge on any atom is 0.415 e. The van der Waals surface area contributed by atoms with Gasteiger partial charge in [0.25, 0.3) is 0 Å². The van der Waals surface area contributed by atoms with Crippen molar-refractivity contribution in [2.45, 2.75) is 18.3 Å². The lowest BCUT2D eigenvalue weighted by Crippen LogP contribution is -2.54. The van der Waals surface area contributed by atoms with Crippen LogP contribution >= 0.6 is 0 Å². The Hall–Kier alpha value is -0.860. The number of aliphatic hydroxyl groups excluding tert-OH is 1. The minimum Gasteiger partial charge on any atom is -0.480 e. The number of carboxylic acids is 1. The molecule has 1 aliphatic rings. The third-order valence-corrected chi connectivity index (χ3v) is 2.31. The van der Waals surface area contributed by atoms with Crippen molar-refractivity contribution < 1.29 is 32.9 Å². The Bertz CT molecular complexity index is 258. The fraction of sp³-hybridized carbons (Fsp3) is 0.875. The molecule has 8 heteroatoms. The lowest BCUT2D eigenvalue weighted by Gasteiger charge is -2.34. The maximum absolute atomic E-state index is 12.1. The lowest BCUT2D eigenvalue weighted by atomic mass is 10.2. The maximum atomic E-state index is 12.1. The van der Waals surface area contributed by atoms with E-state index in [1.807, 2.05) is 0 Å². The van der Waals surface area contributed by atoms with Crippen LogP contribution in [0.5, 0.6) is 0 Å². The number of β-amino-alcohol motifs (C(OH)–C–C–N with tert-alkyl or cyclic N) is 1. The van der Waals surface area contributed by atoms with Crippen molar-refractivity contribution in [1.29, 1.82) is 0 Å². The van der Waals surface area contributed by atoms with Gasteiger partial charge in [-0.3, -0.25) is 9.69 Å². The molecule has 1 rings (SSSR count). The third-order valence-electron chi connectivity index (χ3n) is 2.31. The number of alkyl halides is 3. The summed E-state index contributed by atoms with van der Waals surface area (Å²) in [5.41, 5.74) is 0. The zero-order chi connectivity index (χ0) is 12.3. The van der Waals surface area contributed by atoms with Crippen LogP contribution in [0, 0.1) is 0 Å². The first-order chi connectivity index (χ1) is 7.32. The summed E-state index contributed by atoms with van der Waals surface area (Å²) >= 11 is 0. The topological polar surface area (TPSA) is 70.0 Å². The van der Waals surface area contributed by atoms with Crippen molar-refractivity contribution in [3.05, 3.63) is 0 Å². The molecule has 2 unspecified atom stereocenters. The predicted molar refractivity (Wildman–Crippen MR) is 45.9 cm³/mol. The average Bonchev–Trinajstić information content (AvgIpc) is 2.16. The van der Waals surface area contributed by atoms with Gasteiger partial charge in [-0.1, -0.05) is 0 Å². The highest BCUT2D eigenvalue weighted by atomic mass is 19.4. The number of nitrogens with zero attached hydrogens (tertiary/aromatic N) is 1. The minimum atomic E-state index is -4.73. The number of halogens is 3. The number of rotatable bonds is 3. The summed E-state index contributed by atoms with van der Waals surface area (Å²) in [6.07, 6.45) is -7.27. The van der Waals surface area contributed by atoms with E-state index in [4.69, 9.17) is 14.9 Å². The first kappa shape index (κ1) is 13.2. The van der Waals surface area contributed by atoms with Crippen LogP contribution in [-0.2, 0) is 9.53 Å². The van der Waals surface area contributed by atoms with E-state index in [9.17, 15) is 18.0 Å². The van der Waals surface area contributed by atoms with E-state index in [2.05, 4.69) is 0 Å². The molecule has 5 nitrogen and oxygen atoms in total. The van der Waals surface area contributed by atoms with E-state index >= 15 is 0 Å². The van der Waals surface area contributed by atoms with Gasteiger partial charge in [0.2, 0.25) is 0 Å². The fourth-order valence-corrected chi connectivity index (χ4v) is 1.41. The molecule has 0 aliphatic carbocycles. The summed E-state index contributed by atoms with van der Waals surface area (Å²) in [4.78, 5) is 11.8. The summed E-state index contributed by atoms with van der Waals surface area (Å²) in [7, 11) is 0. The monoisotopic (exact) mass is 243 g/mol. The van der Waals surface area contributed by atoms with E-state index in [0.717, 1.165) is 4.90 Å². The number of hydrogen-bond donors (Lipinski definition) is 2. The molecule has 0 spiro atoms. The average molecular weight is 243 g/mol. The van der Waals surface area contributed by atoms with Crippen molar-refractivity contribution in [1.82, 2.24) is 4.90 Å². The Labute approximate surface area is 89.4 Å². The standard InChI is InChI=1S/C8H12F3NO4/c9-8(10,11)6(13)3-12-1-2-16-4-5(12)7(14)15/h5-6,13H,1-4H2,(H,14,15). The van der Waals surface area contributed by atoms with Gasteiger partial charge in [0, 0.05) is 13.1 Å². The van der Waals surface area contributed by atoms with Crippen LogP contribution in [-0.4, -0.2) is 65.7 Å². The van der Waals surface area contributed by atoms with Crippen LogP contribution in [0.3, 0.4) is 0 Å². The van der Waals surface area contributed by atoms with Gasteiger partial charge in [0.1, 0.15) is 6.04 Å². The Morgan fingerprint density at radius 1 is 1.56 bits per heavy atom. The zero-order valence-electron chi connectivity index (χ0n) is 8.28. The third kappa shape index (κ3) is 3.32. The quantitative estimate of drug-likeness (QED) is 0.712. The second-order valence-electron chi connectivity index (χ2n) is 3.48. The molecule has 16 heavy (non-hydrogen) atoms. The van der Waals surface area contributed by atoms with Gasteiger partial charge in [0.15, 0.2) is 6.10 Å². The van der Waals surface area contributed by atoms with E-state index in [1.165, 1.54) is 0 Å². The van der Waals surface area contributed by atoms with Gasteiger partial charge >= 0.3 is 12.1 Å². The van der Waals surface area contributed by atoms with Crippen LogP contribution in [0.15, 0.2) is 0 Å². The van der Waals surface area contributed by atoms with Gasteiger partial charge < -0.3 is 14.9 Å². The lowest BCUT2D eigenvalue weighted by molar-refractivity contribution is -0.213. The molecule has 0 aromatic heterocycles. The van der Waals surface area contributed by atoms with Crippen LogP contribution in [0.25, 0.3) is 0 Å². The number of aliphatic hydroxyl groups is 1. The van der Waals surface area contributed by atoms with Gasteiger partial charge in [-0.25, -0.2) is 0 Å². The number of morpholine rings is 1. The minimum absolute atomic E-state index is 0.0596. The second-order valence-corrected chi connectivity index (χ2v) is 3.48. The smallest absolute Gasteiger partial charge is 0.415 e. The van der Waals surface area contributed by atoms with Crippen LogP contribution in [0.1, 0.15) is 0 Å². The first-order valence-electron chi connectivity index (χ1n) is 4.61. The number of ether oxygens (including phenoxy) is 1. The van der Waals surface area contributed by atoms with Gasteiger partial charge in [-0.05, 0) is 0 Å². The molecular weight excluding hydrogens is 231 g/mol. The molecule has 0 amide bonds. The Balaban J connectivity index is 2.59. The summed E-state index contributed by atoms with van der Waals surface area (Å²) in [5, 5.41) is 17.6. The fourth-order valence-electron chi connectivity index (χ4n) is 1.41. The highest BCUT2D eigenvalue weighted by molar-refractivity contribution is 5.73. The van der Waals surface area contributed by atoms with E-state index in [0.29, 0.717) is 0 Å². The van der Waals surface area contributed by atoms with E-state index in [-0.39, 0.29) is 19.8 Å². The molecular formula is C8H12F3NO4. The summed E-state index contributed by atoms with van der Waals surface area (Å²) < 4.78 is 41.1. The first-order valence-corrected chi connectivity index (χ1v) is 4.61. The van der Waals surface area contributed by atoms with Gasteiger partial charge in [0.05, 0.1) is 13.2 Å². The summed E-state index contributed by atoms with van der Waals surface area (Å²) in [5.74, 6) is -1.26. The summed E-state index contributed by atoms with van der Waals surface area (Å²) in [6, 6.07) is -1.13. The molecule has 2 atom stereocenters. The number of carboxylic acid groups (broad SMARTS) is 1. The Morgan fingerprint density at radius 2 is 2.19 bits per heavy atom. The molecule has 1 fully saturated rings. The second kappa shape index (κ2) is 4.98. The molecule has 0 saturated carbocycles. The van der Waals surface area contributed by atoms with Gasteiger partial charge in [-0.15, -0.1) is 0 Å².